The van der Waals surface area contributed by atoms with Crippen molar-refractivity contribution in [1.29, 1.82) is 0 Å². The minimum Gasteiger partial charge on any atom is -0.591 e. The number of rotatable bonds is 6. The SMILES string of the molecule is COc1ncc(F)cc1/C(CCCCl)=N\[S+]([O-])C(C)(C)C. The molecule has 0 saturated heterocycles. The van der Waals surface area contributed by atoms with E-state index in [2.05, 4.69) is 9.38 Å². The molecule has 1 aromatic heterocycles. The Hall–Kier alpha value is -0.850. The second-order valence-corrected chi connectivity index (χ2v) is 7.69. The first-order valence-electron chi connectivity index (χ1n) is 6.55. The van der Waals surface area contributed by atoms with Gasteiger partial charge in [0.2, 0.25) is 5.88 Å². The first-order chi connectivity index (χ1) is 9.79. The van der Waals surface area contributed by atoms with Crippen molar-refractivity contribution in [3.05, 3.63) is 23.6 Å². The van der Waals surface area contributed by atoms with E-state index in [4.69, 9.17) is 16.3 Å². The van der Waals surface area contributed by atoms with E-state index < -0.39 is 21.9 Å². The molecule has 0 saturated carbocycles. The van der Waals surface area contributed by atoms with Crippen molar-refractivity contribution in [2.45, 2.75) is 38.4 Å². The molecule has 1 rings (SSSR count). The van der Waals surface area contributed by atoms with Crippen LogP contribution in [0.25, 0.3) is 0 Å². The van der Waals surface area contributed by atoms with Gasteiger partial charge in [-0.1, -0.05) is 4.40 Å². The van der Waals surface area contributed by atoms with Gasteiger partial charge in [-0.15, -0.1) is 11.6 Å². The monoisotopic (exact) mass is 334 g/mol. The lowest BCUT2D eigenvalue weighted by Gasteiger charge is -2.19. The van der Waals surface area contributed by atoms with E-state index in [1.54, 1.807) is 0 Å². The molecular formula is C14H20ClFN2O2S. The minimum atomic E-state index is -1.45. The predicted octanol–water partition coefficient (Wildman–Crippen LogP) is 3.50. The number of hydrogen-bond donors (Lipinski definition) is 0. The molecule has 0 aliphatic carbocycles. The molecule has 0 aliphatic rings. The molecule has 21 heavy (non-hydrogen) atoms. The number of hydrogen-bond acceptors (Lipinski definition) is 4. The maximum atomic E-state index is 13.5. The third kappa shape index (κ3) is 5.45. The molecule has 0 aliphatic heterocycles. The third-order valence-electron chi connectivity index (χ3n) is 2.59. The number of alkyl halides is 1. The van der Waals surface area contributed by atoms with E-state index in [-0.39, 0.29) is 5.88 Å². The number of ether oxygens (including phenoxy) is 1. The third-order valence-corrected chi connectivity index (χ3v) is 4.29. The van der Waals surface area contributed by atoms with E-state index in [0.717, 1.165) is 6.20 Å². The molecule has 0 spiro atoms. The number of aromatic nitrogens is 1. The summed E-state index contributed by atoms with van der Waals surface area (Å²) in [5.41, 5.74) is 0.910. The van der Waals surface area contributed by atoms with Crippen molar-refractivity contribution < 1.29 is 13.7 Å². The number of pyridine rings is 1. The Morgan fingerprint density at radius 1 is 1.52 bits per heavy atom. The van der Waals surface area contributed by atoms with Gasteiger partial charge in [0.05, 0.1) is 18.9 Å². The Morgan fingerprint density at radius 3 is 2.71 bits per heavy atom. The molecule has 0 radical (unpaired) electrons. The Labute approximate surface area is 133 Å². The fourth-order valence-electron chi connectivity index (χ4n) is 1.50. The molecule has 0 amide bonds. The molecule has 1 unspecified atom stereocenters. The van der Waals surface area contributed by atoms with Crippen LogP contribution >= 0.6 is 11.6 Å². The molecule has 1 heterocycles. The van der Waals surface area contributed by atoms with Gasteiger partial charge in [0, 0.05) is 5.88 Å². The lowest BCUT2D eigenvalue weighted by molar-refractivity contribution is 0.394. The van der Waals surface area contributed by atoms with Gasteiger partial charge in [-0.05, 0) is 39.7 Å². The maximum Gasteiger partial charge on any atom is 0.222 e. The van der Waals surface area contributed by atoms with Crippen molar-refractivity contribution in [3.63, 3.8) is 0 Å². The number of halogens is 2. The van der Waals surface area contributed by atoms with E-state index in [0.29, 0.717) is 30.0 Å². The van der Waals surface area contributed by atoms with Crippen LogP contribution < -0.4 is 4.74 Å². The van der Waals surface area contributed by atoms with Crippen molar-refractivity contribution in [3.8, 4) is 5.88 Å². The zero-order valence-electron chi connectivity index (χ0n) is 12.7. The van der Waals surface area contributed by atoms with Crippen LogP contribution in [-0.4, -0.2) is 33.0 Å². The minimum absolute atomic E-state index is 0.260. The van der Waals surface area contributed by atoms with Crippen LogP contribution in [-0.2, 0) is 11.4 Å². The largest absolute Gasteiger partial charge is 0.591 e. The van der Waals surface area contributed by atoms with Gasteiger partial charge in [-0.3, -0.25) is 0 Å². The summed E-state index contributed by atoms with van der Waals surface area (Å²) in [5.74, 6) is 0.202. The Morgan fingerprint density at radius 2 is 2.19 bits per heavy atom. The van der Waals surface area contributed by atoms with Crippen molar-refractivity contribution in [1.82, 2.24) is 4.98 Å². The van der Waals surface area contributed by atoms with Crippen LogP contribution in [0.4, 0.5) is 4.39 Å². The summed E-state index contributed by atoms with van der Waals surface area (Å²) < 4.78 is 34.6. The molecule has 0 aromatic carbocycles. The van der Waals surface area contributed by atoms with E-state index in [9.17, 15) is 8.94 Å². The van der Waals surface area contributed by atoms with Gasteiger partial charge >= 0.3 is 0 Å². The Kier molecular flexibility index (Phi) is 6.90. The molecule has 0 fully saturated rings. The number of methoxy groups -OCH3 is 1. The smallest absolute Gasteiger partial charge is 0.222 e. The van der Waals surface area contributed by atoms with Crippen molar-refractivity contribution in [2.75, 3.05) is 13.0 Å². The fourth-order valence-corrected chi connectivity index (χ4v) is 2.29. The summed E-state index contributed by atoms with van der Waals surface area (Å²) >= 11 is 4.26. The van der Waals surface area contributed by atoms with Crippen LogP contribution in [0.3, 0.4) is 0 Å². The van der Waals surface area contributed by atoms with Gasteiger partial charge in [0.1, 0.15) is 27.6 Å². The Balaban J connectivity index is 3.25. The molecule has 118 valence electrons. The molecule has 7 heteroatoms. The second-order valence-electron chi connectivity index (χ2n) is 5.40. The molecule has 0 bridgehead atoms. The summed E-state index contributed by atoms with van der Waals surface area (Å²) in [5, 5.41) is 0. The lowest BCUT2D eigenvalue weighted by atomic mass is 10.1. The first kappa shape index (κ1) is 18.2. The van der Waals surface area contributed by atoms with Crippen LogP contribution in [0.15, 0.2) is 16.7 Å². The van der Waals surface area contributed by atoms with Gasteiger partial charge < -0.3 is 9.29 Å². The summed E-state index contributed by atoms with van der Waals surface area (Å²) in [4.78, 5) is 3.89. The van der Waals surface area contributed by atoms with Crippen LogP contribution in [0.5, 0.6) is 5.88 Å². The predicted molar refractivity (Wildman–Crippen MR) is 85.1 cm³/mol. The highest BCUT2D eigenvalue weighted by molar-refractivity contribution is 7.91. The maximum absolute atomic E-state index is 13.5. The molecular weight excluding hydrogens is 315 g/mol. The van der Waals surface area contributed by atoms with Gasteiger partial charge in [-0.25, -0.2) is 9.37 Å². The van der Waals surface area contributed by atoms with Crippen LogP contribution in [0.1, 0.15) is 39.2 Å². The van der Waals surface area contributed by atoms with E-state index in [1.165, 1.54) is 13.2 Å². The lowest BCUT2D eigenvalue weighted by Crippen LogP contribution is -2.27. The van der Waals surface area contributed by atoms with Gasteiger partial charge in [0.15, 0.2) is 0 Å². The van der Waals surface area contributed by atoms with Gasteiger partial charge in [0.25, 0.3) is 0 Å². The summed E-state index contributed by atoms with van der Waals surface area (Å²) in [6.45, 7) is 5.48. The summed E-state index contributed by atoms with van der Waals surface area (Å²) in [6, 6.07) is 1.29. The standard InChI is InChI=1S/C14H20ClFN2O2S/c1-14(2,3)21(19)18-12(6-5-7-15)11-8-10(16)9-17-13(11)20-4/h8-9H,5-7H2,1-4H3/b18-12-. The summed E-state index contributed by atoms with van der Waals surface area (Å²) in [6.07, 6.45) is 2.19. The fraction of sp³-hybridized carbons (Fsp3) is 0.571. The van der Waals surface area contributed by atoms with Gasteiger partial charge in [-0.2, -0.15) is 0 Å². The zero-order valence-corrected chi connectivity index (χ0v) is 14.2. The highest BCUT2D eigenvalue weighted by Gasteiger charge is 2.28. The topological polar surface area (TPSA) is 57.5 Å². The van der Waals surface area contributed by atoms with E-state index >= 15 is 0 Å². The summed E-state index contributed by atoms with van der Waals surface area (Å²) in [7, 11) is 1.45. The second kappa shape index (κ2) is 7.96. The van der Waals surface area contributed by atoms with Crippen LogP contribution in [0.2, 0.25) is 0 Å². The van der Waals surface area contributed by atoms with E-state index in [1.807, 2.05) is 20.8 Å². The molecule has 1 aromatic rings. The molecule has 1 atom stereocenters. The quantitative estimate of drug-likeness (QED) is 0.454. The normalized spacial score (nSPS) is 14.1. The average molecular weight is 335 g/mol. The van der Waals surface area contributed by atoms with Crippen molar-refractivity contribution in [2.24, 2.45) is 4.40 Å². The highest BCUT2D eigenvalue weighted by Crippen LogP contribution is 2.23. The number of nitrogens with zero attached hydrogens (tertiary/aromatic N) is 2. The molecule has 4 nitrogen and oxygen atoms in total. The molecule has 0 N–H and O–H groups in total. The average Bonchev–Trinajstić information content (AvgIpc) is 2.42. The zero-order chi connectivity index (χ0) is 16.0. The Bertz CT molecular complexity index is 506. The van der Waals surface area contributed by atoms with Crippen LogP contribution in [0, 0.1) is 5.82 Å². The highest BCUT2D eigenvalue weighted by atomic mass is 35.5. The first-order valence-corrected chi connectivity index (χ1v) is 8.19. The van der Waals surface area contributed by atoms with Crippen molar-refractivity contribution >= 4 is 28.7 Å².